The van der Waals surface area contributed by atoms with Gasteiger partial charge in [0.2, 0.25) is 0 Å². The smallest absolute Gasteiger partial charge is 0.193 e. The number of nitrogens with zero attached hydrogens (tertiary/aromatic N) is 3. The highest BCUT2D eigenvalue weighted by molar-refractivity contribution is 7.10. The molecule has 0 aromatic carbocycles. The summed E-state index contributed by atoms with van der Waals surface area (Å²) in [6, 6.07) is 3.57. The first kappa shape index (κ1) is 17.2. The van der Waals surface area contributed by atoms with Crippen LogP contribution in [-0.2, 0) is 5.54 Å². The zero-order chi connectivity index (χ0) is 16.9. The molecule has 0 fully saturated rings. The molecule has 2 aromatic rings. The quantitative estimate of drug-likeness (QED) is 0.492. The van der Waals surface area contributed by atoms with Crippen molar-refractivity contribution in [2.45, 2.75) is 19.4 Å². The van der Waals surface area contributed by atoms with Gasteiger partial charge in [0.25, 0.3) is 0 Å². The standard InChI is InChI=1S/C16H18ClN5S/c1-4-11(14-20-8-9-23-14)10-21-15(18)22-16(2,3)13-12(17)6-5-7-19-13/h4-10H,1H2,2-3H3,(H3,18,21,22)/b11-10+. The molecule has 2 aromatic heterocycles. The van der Waals surface area contributed by atoms with Crippen molar-refractivity contribution in [1.82, 2.24) is 15.3 Å². The van der Waals surface area contributed by atoms with Crippen LogP contribution >= 0.6 is 22.9 Å². The number of pyridine rings is 1. The lowest BCUT2D eigenvalue weighted by Crippen LogP contribution is -2.45. The highest BCUT2D eigenvalue weighted by atomic mass is 35.5. The fourth-order valence-electron chi connectivity index (χ4n) is 1.96. The Balaban J connectivity index is 2.19. The topological polar surface area (TPSA) is 76.2 Å². The molecule has 5 nitrogen and oxygen atoms in total. The second-order valence-corrected chi connectivity index (χ2v) is 6.53. The number of thiazole rings is 1. The van der Waals surface area contributed by atoms with Crippen LogP contribution in [0.5, 0.6) is 0 Å². The molecular weight excluding hydrogens is 330 g/mol. The molecule has 23 heavy (non-hydrogen) atoms. The Labute approximate surface area is 144 Å². The number of nitrogens with one attached hydrogen (secondary N) is 1. The normalized spacial score (nSPS) is 13.0. The van der Waals surface area contributed by atoms with Gasteiger partial charge < -0.3 is 11.1 Å². The Kier molecular flexibility index (Phi) is 5.52. The molecule has 0 radical (unpaired) electrons. The molecule has 0 unspecified atom stereocenters. The molecule has 7 heteroatoms. The number of halogens is 1. The van der Waals surface area contributed by atoms with Gasteiger partial charge in [-0.05, 0) is 26.0 Å². The van der Waals surface area contributed by atoms with Crippen molar-refractivity contribution in [1.29, 1.82) is 0 Å². The predicted octanol–water partition coefficient (Wildman–Crippen LogP) is 3.56. The van der Waals surface area contributed by atoms with E-state index in [1.165, 1.54) is 11.3 Å². The SMILES string of the molecule is C=C/C(=C\N=C(/N)NC(C)(C)c1ncccc1Cl)c1nccs1. The van der Waals surface area contributed by atoms with Gasteiger partial charge in [-0.15, -0.1) is 11.3 Å². The second-order valence-electron chi connectivity index (χ2n) is 5.22. The third-order valence-corrected chi connectivity index (χ3v) is 4.16. The van der Waals surface area contributed by atoms with E-state index in [9.17, 15) is 0 Å². The average molecular weight is 348 g/mol. The van der Waals surface area contributed by atoms with Crippen molar-refractivity contribution >= 4 is 34.5 Å². The number of nitrogens with two attached hydrogens (primary N) is 1. The molecule has 0 amide bonds. The maximum Gasteiger partial charge on any atom is 0.193 e. The van der Waals surface area contributed by atoms with Crippen LogP contribution in [0.1, 0.15) is 24.5 Å². The first-order valence-electron chi connectivity index (χ1n) is 6.89. The Bertz CT molecular complexity index is 735. The lowest BCUT2D eigenvalue weighted by atomic mass is 10.00. The van der Waals surface area contributed by atoms with Crippen molar-refractivity contribution in [3.63, 3.8) is 0 Å². The zero-order valence-corrected chi connectivity index (χ0v) is 14.5. The fourth-order valence-corrected chi connectivity index (χ4v) is 2.96. The number of hydrogen-bond donors (Lipinski definition) is 2. The number of guanidine groups is 1. The molecule has 0 saturated heterocycles. The fraction of sp³-hybridized carbons (Fsp3) is 0.188. The third kappa shape index (κ3) is 4.40. The van der Waals surface area contributed by atoms with E-state index < -0.39 is 5.54 Å². The summed E-state index contributed by atoms with van der Waals surface area (Å²) in [6.07, 6.45) is 6.74. The predicted molar refractivity (Wildman–Crippen MR) is 97.3 cm³/mol. The number of aliphatic imine (C=N–C) groups is 1. The van der Waals surface area contributed by atoms with E-state index in [0.717, 1.165) is 10.6 Å². The van der Waals surface area contributed by atoms with Crippen LogP contribution < -0.4 is 11.1 Å². The molecule has 0 spiro atoms. The van der Waals surface area contributed by atoms with E-state index in [0.29, 0.717) is 10.7 Å². The molecule has 0 atom stereocenters. The highest BCUT2D eigenvalue weighted by Gasteiger charge is 2.25. The summed E-state index contributed by atoms with van der Waals surface area (Å²) in [7, 11) is 0. The Morgan fingerprint density at radius 1 is 1.43 bits per heavy atom. The van der Waals surface area contributed by atoms with E-state index in [2.05, 4.69) is 26.9 Å². The monoisotopic (exact) mass is 347 g/mol. The van der Waals surface area contributed by atoms with Crippen LogP contribution in [0, 0.1) is 0 Å². The van der Waals surface area contributed by atoms with Gasteiger partial charge in [0.15, 0.2) is 5.96 Å². The summed E-state index contributed by atoms with van der Waals surface area (Å²) in [4.78, 5) is 12.8. The first-order chi connectivity index (χ1) is 10.9. The molecule has 2 heterocycles. The van der Waals surface area contributed by atoms with E-state index in [1.807, 2.05) is 19.2 Å². The summed E-state index contributed by atoms with van der Waals surface area (Å²) in [6.45, 7) is 7.64. The van der Waals surface area contributed by atoms with E-state index >= 15 is 0 Å². The molecule has 0 aliphatic rings. The Morgan fingerprint density at radius 3 is 2.83 bits per heavy atom. The maximum absolute atomic E-state index is 6.19. The first-order valence-corrected chi connectivity index (χ1v) is 8.14. The molecule has 0 aliphatic carbocycles. The third-order valence-electron chi connectivity index (χ3n) is 3.03. The lowest BCUT2D eigenvalue weighted by molar-refractivity contribution is 0.469. The van der Waals surface area contributed by atoms with Crippen molar-refractivity contribution in [3.05, 3.63) is 64.5 Å². The van der Waals surface area contributed by atoms with Gasteiger partial charge in [-0.2, -0.15) is 0 Å². The van der Waals surface area contributed by atoms with Gasteiger partial charge in [0, 0.05) is 29.5 Å². The molecular formula is C16H18ClN5S. The number of rotatable bonds is 5. The summed E-state index contributed by atoms with van der Waals surface area (Å²) in [5.41, 5.74) is 6.92. The Morgan fingerprint density at radius 2 is 2.22 bits per heavy atom. The van der Waals surface area contributed by atoms with Crippen LogP contribution in [0.2, 0.25) is 5.02 Å². The van der Waals surface area contributed by atoms with Crippen molar-refractivity contribution < 1.29 is 0 Å². The zero-order valence-electron chi connectivity index (χ0n) is 13.0. The van der Waals surface area contributed by atoms with Crippen LogP contribution in [-0.4, -0.2) is 15.9 Å². The van der Waals surface area contributed by atoms with Gasteiger partial charge in [-0.3, -0.25) is 4.98 Å². The minimum absolute atomic E-state index is 0.257. The number of allylic oxidation sites excluding steroid dienone is 2. The second kappa shape index (κ2) is 7.39. The minimum atomic E-state index is -0.560. The molecule has 0 aliphatic heterocycles. The molecule has 120 valence electrons. The van der Waals surface area contributed by atoms with Crippen molar-refractivity contribution in [2.75, 3.05) is 0 Å². The van der Waals surface area contributed by atoms with Gasteiger partial charge in [0.1, 0.15) is 5.01 Å². The Hall–Kier alpha value is -2.18. The van der Waals surface area contributed by atoms with Crippen LogP contribution in [0.4, 0.5) is 0 Å². The molecule has 0 saturated carbocycles. The molecule has 3 N–H and O–H groups in total. The summed E-state index contributed by atoms with van der Waals surface area (Å²) >= 11 is 7.71. The van der Waals surface area contributed by atoms with Crippen LogP contribution in [0.15, 0.2) is 53.8 Å². The largest absolute Gasteiger partial charge is 0.370 e. The van der Waals surface area contributed by atoms with E-state index in [1.54, 1.807) is 36.8 Å². The van der Waals surface area contributed by atoms with E-state index in [-0.39, 0.29) is 5.96 Å². The number of hydrogen-bond acceptors (Lipinski definition) is 4. The van der Waals surface area contributed by atoms with Crippen molar-refractivity contribution in [3.8, 4) is 0 Å². The van der Waals surface area contributed by atoms with E-state index in [4.69, 9.17) is 17.3 Å². The van der Waals surface area contributed by atoms with Crippen LogP contribution in [0.25, 0.3) is 5.57 Å². The average Bonchev–Trinajstić information content (AvgIpc) is 3.02. The molecule has 2 rings (SSSR count). The molecule has 0 bridgehead atoms. The summed E-state index contributed by atoms with van der Waals surface area (Å²) < 4.78 is 0. The summed E-state index contributed by atoms with van der Waals surface area (Å²) in [5.74, 6) is 0.257. The minimum Gasteiger partial charge on any atom is -0.370 e. The van der Waals surface area contributed by atoms with Crippen LogP contribution in [0.3, 0.4) is 0 Å². The highest BCUT2D eigenvalue weighted by Crippen LogP contribution is 2.25. The van der Waals surface area contributed by atoms with Gasteiger partial charge in [-0.25, -0.2) is 9.98 Å². The van der Waals surface area contributed by atoms with Gasteiger partial charge in [-0.1, -0.05) is 24.3 Å². The van der Waals surface area contributed by atoms with Crippen molar-refractivity contribution in [2.24, 2.45) is 10.7 Å². The van der Waals surface area contributed by atoms with Gasteiger partial charge >= 0.3 is 0 Å². The summed E-state index contributed by atoms with van der Waals surface area (Å²) in [5, 5.41) is 6.42. The lowest BCUT2D eigenvalue weighted by Gasteiger charge is -2.26. The number of aromatic nitrogens is 2. The maximum atomic E-state index is 6.19. The van der Waals surface area contributed by atoms with Gasteiger partial charge in [0.05, 0.1) is 16.3 Å².